The molecule has 0 radical (unpaired) electrons. The lowest BCUT2D eigenvalue weighted by Crippen LogP contribution is -2.58. The summed E-state index contributed by atoms with van der Waals surface area (Å²) in [5, 5.41) is 13.9. The number of sulfonamides is 1. The van der Waals surface area contributed by atoms with E-state index in [1.165, 1.54) is 22.3 Å². The number of benzene rings is 1. The van der Waals surface area contributed by atoms with Gasteiger partial charge in [-0.2, -0.15) is 5.48 Å². The van der Waals surface area contributed by atoms with Crippen LogP contribution in [0.3, 0.4) is 0 Å². The number of thiophene rings is 1. The van der Waals surface area contributed by atoms with Crippen LogP contribution in [0.2, 0.25) is 0 Å². The first-order chi connectivity index (χ1) is 22.0. The minimum Gasteiger partial charge on any atom is -0.471 e. The number of nitrogens with one attached hydrogen (secondary N) is 3. The highest BCUT2D eigenvalue weighted by atomic mass is 32.2. The Bertz CT molecular complexity index is 1780. The third kappa shape index (κ3) is 6.11. The molecular formula is C31H36N6O7S2. The average molecular weight is 669 g/mol. The van der Waals surface area contributed by atoms with Gasteiger partial charge in [0.2, 0.25) is 27.7 Å². The fourth-order valence-electron chi connectivity index (χ4n) is 5.86. The second kappa shape index (κ2) is 12.4. The summed E-state index contributed by atoms with van der Waals surface area (Å²) in [5.41, 5.74) is 2.36. The average Bonchev–Trinajstić information content (AvgIpc) is 3.89. The lowest BCUT2D eigenvalue weighted by Gasteiger charge is -2.30. The van der Waals surface area contributed by atoms with Crippen molar-refractivity contribution < 1.29 is 32.7 Å². The molecule has 15 heteroatoms. The van der Waals surface area contributed by atoms with Gasteiger partial charge in [0.05, 0.1) is 27.7 Å². The molecule has 4 N–H and O–H groups in total. The van der Waals surface area contributed by atoms with Gasteiger partial charge >= 0.3 is 0 Å². The van der Waals surface area contributed by atoms with Crippen LogP contribution in [-0.2, 0) is 24.4 Å². The van der Waals surface area contributed by atoms with Gasteiger partial charge in [-0.3, -0.25) is 19.1 Å². The van der Waals surface area contributed by atoms with Crippen molar-refractivity contribution in [2.75, 3.05) is 6.54 Å². The second-order valence-electron chi connectivity index (χ2n) is 12.4. The van der Waals surface area contributed by atoms with Crippen molar-refractivity contribution in [2.24, 2.45) is 11.8 Å². The maximum Gasteiger partial charge on any atom is 0.259 e. The number of nitrogens with zero attached hydrogens (tertiary/aromatic N) is 3. The molecule has 2 aliphatic carbocycles. The first-order valence-corrected chi connectivity index (χ1v) is 17.6. The summed E-state index contributed by atoms with van der Waals surface area (Å²) in [6.07, 6.45) is 1.96. The highest BCUT2D eigenvalue weighted by Gasteiger charge is 2.62. The Morgan fingerprint density at radius 3 is 2.46 bits per heavy atom. The Labute approximate surface area is 270 Å². The third-order valence-electron chi connectivity index (χ3n) is 8.74. The fourth-order valence-corrected chi connectivity index (χ4v) is 7.93. The quantitative estimate of drug-likeness (QED) is 0.165. The number of amides is 3. The van der Waals surface area contributed by atoms with E-state index in [1.54, 1.807) is 13.8 Å². The molecule has 2 saturated carbocycles. The number of hydrogen-bond acceptors (Lipinski definition) is 11. The van der Waals surface area contributed by atoms with Gasteiger partial charge in [-0.25, -0.2) is 18.4 Å². The van der Waals surface area contributed by atoms with E-state index in [9.17, 15) is 28.0 Å². The number of hydrogen-bond donors (Lipinski definition) is 4. The van der Waals surface area contributed by atoms with Gasteiger partial charge in [0.1, 0.15) is 29.4 Å². The van der Waals surface area contributed by atoms with Gasteiger partial charge in [-0.05, 0) is 48.8 Å². The Morgan fingerprint density at radius 1 is 1.15 bits per heavy atom. The predicted molar refractivity (Wildman–Crippen MR) is 170 cm³/mol. The molecule has 3 aromatic rings. The maximum atomic E-state index is 14.0. The van der Waals surface area contributed by atoms with E-state index in [1.807, 2.05) is 41.8 Å². The molecule has 5 atom stereocenters. The van der Waals surface area contributed by atoms with Gasteiger partial charge in [-0.15, -0.1) is 17.9 Å². The lowest BCUT2D eigenvalue weighted by atomic mass is 10.0. The highest BCUT2D eigenvalue weighted by molar-refractivity contribution is 7.91. The largest absolute Gasteiger partial charge is 0.471 e. The second-order valence-corrected chi connectivity index (χ2v) is 15.3. The van der Waals surface area contributed by atoms with E-state index >= 15 is 0 Å². The lowest BCUT2D eigenvalue weighted by molar-refractivity contribution is -0.144. The van der Waals surface area contributed by atoms with Gasteiger partial charge < -0.3 is 20.2 Å². The molecular weight excluding hydrogens is 633 g/mol. The molecule has 1 aromatic carbocycles. The minimum absolute atomic E-state index is 0.0135. The van der Waals surface area contributed by atoms with E-state index in [-0.39, 0.29) is 31.2 Å². The van der Waals surface area contributed by atoms with Crippen LogP contribution in [0.25, 0.3) is 21.6 Å². The summed E-state index contributed by atoms with van der Waals surface area (Å²) >= 11 is 1.47. The molecule has 1 saturated heterocycles. The van der Waals surface area contributed by atoms with Gasteiger partial charge in [0, 0.05) is 12.3 Å². The van der Waals surface area contributed by atoms with E-state index in [4.69, 9.17) is 14.7 Å². The molecule has 1 aliphatic heterocycles. The monoisotopic (exact) mass is 668 g/mol. The fraction of sp³-hybridized carbons (Fsp3) is 0.452. The molecule has 0 spiro atoms. The van der Waals surface area contributed by atoms with Crippen LogP contribution in [0.15, 0.2) is 54.4 Å². The zero-order valence-electron chi connectivity index (χ0n) is 25.4. The number of ether oxygens (including phenoxy) is 1. The van der Waals surface area contributed by atoms with E-state index in [0.717, 1.165) is 4.88 Å². The number of aromatic nitrogens is 2. The molecule has 46 heavy (non-hydrogen) atoms. The molecule has 2 aromatic heterocycles. The van der Waals surface area contributed by atoms with Crippen LogP contribution in [0.4, 0.5) is 0 Å². The zero-order chi connectivity index (χ0) is 32.8. The number of carbonyl (C=O) groups is 3. The van der Waals surface area contributed by atoms with E-state index in [0.29, 0.717) is 29.6 Å². The van der Waals surface area contributed by atoms with Crippen LogP contribution in [-0.4, -0.2) is 81.7 Å². The SMILES string of the molecule is C=C[C@H]1C[C@@]1(NC(=O)[C@@H]1C[C@@H](Oc2nc3ccccc3nc2-c2cccs2)CN1C(=O)[C@@H](NO)C(C)C)C(=O)NS(=O)(=O)C1CC1. The van der Waals surface area contributed by atoms with Crippen LogP contribution in [0.1, 0.15) is 39.5 Å². The summed E-state index contributed by atoms with van der Waals surface area (Å²) in [6.45, 7) is 7.23. The molecule has 3 fully saturated rings. The van der Waals surface area contributed by atoms with Crippen LogP contribution >= 0.6 is 11.3 Å². The predicted octanol–water partition coefficient (Wildman–Crippen LogP) is 2.38. The summed E-state index contributed by atoms with van der Waals surface area (Å²) in [6, 6.07) is 9.05. The Kier molecular flexibility index (Phi) is 8.61. The first kappa shape index (κ1) is 32.0. The van der Waals surface area contributed by atoms with Crippen molar-refractivity contribution in [3.8, 4) is 16.5 Å². The number of likely N-dealkylation sites (tertiary alicyclic amines) is 1. The topological polar surface area (TPSA) is 180 Å². The summed E-state index contributed by atoms with van der Waals surface area (Å²) < 4.78 is 33.7. The third-order valence-corrected chi connectivity index (χ3v) is 11.4. The van der Waals surface area contributed by atoms with Crippen LogP contribution in [0, 0.1) is 11.8 Å². The van der Waals surface area contributed by atoms with Gasteiger partial charge in [0.15, 0.2) is 0 Å². The molecule has 6 rings (SSSR count). The van der Waals surface area contributed by atoms with Crippen LogP contribution in [0.5, 0.6) is 5.88 Å². The zero-order valence-corrected chi connectivity index (χ0v) is 27.0. The molecule has 3 aliphatic rings. The molecule has 3 heterocycles. The number of para-hydroxylation sites is 2. The normalized spacial score (nSPS) is 24.9. The standard InChI is InChI=1S/C31H36N6O7S2/c1-4-18-15-31(18,30(40)36-46(42,43)20-11-12-20)34-27(38)23-14-19(16-37(23)29(39)25(35-41)17(2)3)44-28-26(24-10-7-13-45-24)32-21-8-5-6-9-22(21)33-28/h4-10,13,17-20,23,25,35,41H,1,11-12,14-16H2,2-3H3,(H,34,38)(H,36,40)/t18-,19+,23-,25-,31-/m0/s1. The molecule has 0 unspecified atom stereocenters. The minimum atomic E-state index is -3.86. The molecule has 244 valence electrons. The maximum absolute atomic E-state index is 14.0. The number of rotatable bonds is 12. The van der Waals surface area contributed by atoms with Crippen molar-refractivity contribution >= 4 is 50.1 Å². The highest BCUT2D eigenvalue weighted by Crippen LogP contribution is 2.45. The van der Waals surface area contributed by atoms with Crippen LogP contribution < -0.4 is 20.3 Å². The van der Waals surface area contributed by atoms with Crippen molar-refractivity contribution in [3.05, 3.63) is 54.4 Å². The van der Waals surface area contributed by atoms with Crippen molar-refractivity contribution in [2.45, 2.75) is 68.5 Å². The molecule has 3 amide bonds. The van der Waals surface area contributed by atoms with Crippen molar-refractivity contribution in [3.63, 3.8) is 0 Å². The summed E-state index contributed by atoms with van der Waals surface area (Å²) in [7, 11) is -3.86. The van der Waals surface area contributed by atoms with Crippen molar-refractivity contribution in [1.29, 1.82) is 0 Å². The number of hydroxylamine groups is 1. The van der Waals surface area contributed by atoms with E-state index < -0.39 is 62.6 Å². The van der Waals surface area contributed by atoms with E-state index in [2.05, 4.69) is 22.1 Å². The Morgan fingerprint density at radius 2 is 1.87 bits per heavy atom. The number of fused-ring (bicyclic) bond motifs is 1. The molecule has 0 bridgehead atoms. The first-order valence-electron chi connectivity index (χ1n) is 15.2. The summed E-state index contributed by atoms with van der Waals surface area (Å²) in [4.78, 5) is 52.7. The van der Waals surface area contributed by atoms with Gasteiger partial charge in [0.25, 0.3) is 5.91 Å². The molecule has 13 nitrogen and oxygen atoms in total. The number of carbonyl (C=O) groups excluding carboxylic acids is 3. The Balaban J connectivity index is 1.29. The van der Waals surface area contributed by atoms with Gasteiger partial charge in [-0.1, -0.05) is 38.1 Å². The smallest absolute Gasteiger partial charge is 0.259 e. The Hall–Kier alpha value is -3.92. The summed E-state index contributed by atoms with van der Waals surface area (Å²) in [5.74, 6) is -2.58. The van der Waals surface area contributed by atoms with Crippen molar-refractivity contribution in [1.82, 2.24) is 30.4 Å².